The molecule has 0 unspecified atom stereocenters. The van der Waals surface area contributed by atoms with Gasteiger partial charge in [0.1, 0.15) is 4.88 Å². The number of rotatable bonds is 5. The molecule has 5 heteroatoms. The summed E-state index contributed by atoms with van der Waals surface area (Å²) in [5.74, 6) is -0.566. The Morgan fingerprint density at radius 2 is 2.00 bits per heavy atom. The molecule has 22 heavy (non-hydrogen) atoms. The number of esters is 1. The number of hydrogen-bond acceptors (Lipinski definition) is 4. The lowest BCUT2D eigenvalue weighted by molar-refractivity contribution is 0.0479. The van der Waals surface area contributed by atoms with Gasteiger partial charge >= 0.3 is 5.97 Å². The Morgan fingerprint density at radius 3 is 2.59 bits per heavy atom. The first-order valence-corrected chi connectivity index (χ1v) is 8.24. The molecule has 0 N–H and O–H groups in total. The molecule has 0 spiro atoms. The zero-order valence-electron chi connectivity index (χ0n) is 13.0. The number of thiophene rings is 1. The number of carbonyl (C=O) groups excluding carboxylic acids is 2. The number of Topliss-reactive ketones (excluding diaryl/α,β-unsaturated/α-hetero) is 1. The molecule has 3 rings (SSSR count). The smallest absolute Gasteiger partial charge is 0.348 e. The number of aromatic nitrogens is 1. The summed E-state index contributed by atoms with van der Waals surface area (Å²) < 4.78 is 7.37. The zero-order chi connectivity index (χ0) is 15.9. The van der Waals surface area contributed by atoms with Crippen LogP contribution in [-0.2, 0) is 4.74 Å². The van der Waals surface area contributed by atoms with Gasteiger partial charge in [-0.1, -0.05) is 0 Å². The Hall–Kier alpha value is -1.88. The molecule has 2 heterocycles. The minimum absolute atomic E-state index is 0.137. The number of ketones is 1. The molecule has 0 atom stereocenters. The van der Waals surface area contributed by atoms with Crippen LogP contribution in [0.4, 0.5) is 0 Å². The van der Waals surface area contributed by atoms with Crippen LogP contribution in [0.3, 0.4) is 0 Å². The van der Waals surface area contributed by atoms with Gasteiger partial charge < -0.3 is 9.30 Å². The third kappa shape index (κ3) is 2.86. The Kier molecular flexibility index (Phi) is 3.91. The summed E-state index contributed by atoms with van der Waals surface area (Å²) in [4.78, 5) is 25.8. The maximum Gasteiger partial charge on any atom is 0.348 e. The molecule has 0 radical (unpaired) electrons. The molecule has 0 aromatic carbocycles. The van der Waals surface area contributed by atoms with Crippen LogP contribution in [0, 0.1) is 20.8 Å². The minimum atomic E-state index is -0.428. The molecule has 2 aromatic rings. The predicted octanol–water partition coefficient (Wildman–Crippen LogP) is 3.85. The van der Waals surface area contributed by atoms with Crippen LogP contribution >= 0.6 is 11.3 Å². The van der Waals surface area contributed by atoms with Crippen LogP contribution in [0.1, 0.15) is 55.2 Å². The fourth-order valence-corrected chi connectivity index (χ4v) is 3.54. The van der Waals surface area contributed by atoms with Crippen molar-refractivity contribution in [1.29, 1.82) is 0 Å². The Morgan fingerprint density at radius 1 is 1.27 bits per heavy atom. The quantitative estimate of drug-likeness (QED) is 0.621. The second kappa shape index (κ2) is 5.72. The van der Waals surface area contributed by atoms with E-state index in [0.717, 1.165) is 16.3 Å². The highest BCUT2D eigenvalue weighted by atomic mass is 32.1. The van der Waals surface area contributed by atoms with E-state index in [1.165, 1.54) is 24.2 Å². The molecule has 0 aliphatic heterocycles. The summed E-state index contributed by atoms with van der Waals surface area (Å²) in [6.45, 7) is 5.70. The van der Waals surface area contributed by atoms with E-state index in [4.69, 9.17) is 4.74 Å². The SMILES string of the molecule is Cc1ccc(C(=O)OCC(=O)c2cc(C)n(C3CC3)c2C)s1. The van der Waals surface area contributed by atoms with Gasteiger partial charge in [-0.15, -0.1) is 11.3 Å². The lowest BCUT2D eigenvalue weighted by Gasteiger charge is -2.07. The summed E-state index contributed by atoms with van der Waals surface area (Å²) in [6, 6.07) is 6.04. The molecule has 1 aliphatic carbocycles. The van der Waals surface area contributed by atoms with Crippen molar-refractivity contribution in [3.8, 4) is 0 Å². The van der Waals surface area contributed by atoms with E-state index in [2.05, 4.69) is 4.57 Å². The number of hydrogen-bond donors (Lipinski definition) is 0. The van der Waals surface area contributed by atoms with Crippen molar-refractivity contribution in [2.75, 3.05) is 6.61 Å². The van der Waals surface area contributed by atoms with Gasteiger partial charge in [0.05, 0.1) is 0 Å². The first kappa shape index (κ1) is 15.0. The summed E-state index contributed by atoms with van der Waals surface area (Å²) in [6.07, 6.45) is 2.35. The normalized spacial score (nSPS) is 14.1. The van der Waals surface area contributed by atoms with Crippen molar-refractivity contribution in [2.24, 2.45) is 0 Å². The molecule has 1 fully saturated rings. The van der Waals surface area contributed by atoms with Crippen molar-refractivity contribution in [1.82, 2.24) is 4.57 Å². The highest BCUT2D eigenvalue weighted by Crippen LogP contribution is 2.38. The van der Waals surface area contributed by atoms with Crippen molar-refractivity contribution >= 4 is 23.1 Å². The van der Waals surface area contributed by atoms with E-state index >= 15 is 0 Å². The van der Waals surface area contributed by atoms with E-state index in [1.807, 2.05) is 32.9 Å². The first-order chi connectivity index (χ1) is 10.5. The van der Waals surface area contributed by atoms with Crippen LogP contribution in [0.15, 0.2) is 18.2 Å². The molecule has 0 saturated heterocycles. The summed E-state index contributed by atoms with van der Waals surface area (Å²) in [5.41, 5.74) is 2.75. The van der Waals surface area contributed by atoms with Crippen molar-refractivity contribution in [3.05, 3.63) is 44.9 Å². The monoisotopic (exact) mass is 317 g/mol. The lowest BCUT2D eigenvalue weighted by atomic mass is 10.1. The maximum atomic E-state index is 12.3. The van der Waals surface area contributed by atoms with Gasteiger partial charge in [-0.3, -0.25) is 4.79 Å². The molecule has 0 amide bonds. The molecule has 1 saturated carbocycles. The Labute approximate surface area is 133 Å². The number of nitrogens with zero attached hydrogens (tertiary/aromatic N) is 1. The highest BCUT2D eigenvalue weighted by molar-refractivity contribution is 7.13. The van der Waals surface area contributed by atoms with Gasteiger partial charge in [-0.25, -0.2) is 4.79 Å². The summed E-state index contributed by atoms with van der Waals surface area (Å²) in [5, 5.41) is 0. The van der Waals surface area contributed by atoms with Gasteiger partial charge in [0.15, 0.2) is 6.61 Å². The third-order valence-corrected chi connectivity index (χ3v) is 4.95. The molecule has 0 bridgehead atoms. The van der Waals surface area contributed by atoms with Crippen LogP contribution < -0.4 is 0 Å². The lowest BCUT2D eigenvalue weighted by Crippen LogP contribution is -2.14. The molecule has 4 nitrogen and oxygen atoms in total. The number of carbonyl (C=O) groups is 2. The largest absolute Gasteiger partial charge is 0.453 e. The summed E-state index contributed by atoms with van der Waals surface area (Å²) in [7, 11) is 0. The van der Waals surface area contributed by atoms with E-state index in [-0.39, 0.29) is 12.4 Å². The van der Waals surface area contributed by atoms with E-state index < -0.39 is 5.97 Å². The van der Waals surface area contributed by atoms with E-state index in [1.54, 1.807) is 6.07 Å². The topological polar surface area (TPSA) is 48.3 Å². The summed E-state index contributed by atoms with van der Waals surface area (Å²) >= 11 is 1.38. The van der Waals surface area contributed by atoms with Crippen molar-refractivity contribution in [3.63, 3.8) is 0 Å². The van der Waals surface area contributed by atoms with Crippen LogP contribution in [0.25, 0.3) is 0 Å². The zero-order valence-corrected chi connectivity index (χ0v) is 13.8. The molecule has 116 valence electrons. The van der Waals surface area contributed by atoms with Crippen LogP contribution in [0.5, 0.6) is 0 Å². The molecule has 2 aromatic heterocycles. The predicted molar refractivity (Wildman–Crippen MR) is 85.8 cm³/mol. The van der Waals surface area contributed by atoms with Gasteiger partial charge in [0.2, 0.25) is 5.78 Å². The van der Waals surface area contributed by atoms with E-state index in [0.29, 0.717) is 16.5 Å². The van der Waals surface area contributed by atoms with Crippen molar-refractivity contribution in [2.45, 2.75) is 39.7 Å². The van der Waals surface area contributed by atoms with Gasteiger partial charge in [0, 0.05) is 27.9 Å². The van der Waals surface area contributed by atoms with Crippen molar-refractivity contribution < 1.29 is 14.3 Å². The second-order valence-corrected chi connectivity index (χ2v) is 7.08. The average molecular weight is 317 g/mol. The number of ether oxygens (including phenoxy) is 1. The first-order valence-electron chi connectivity index (χ1n) is 7.42. The standard InChI is InChI=1S/C17H19NO3S/c1-10-8-14(12(3)18(10)13-5-6-13)15(19)9-21-17(20)16-7-4-11(2)22-16/h4,7-8,13H,5-6,9H2,1-3H3. The van der Waals surface area contributed by atoms with Crippen LogP contribution in [0.2, 0.25) is 0 Å². The molecular formula is C17H19NO3S. The minimum Gasteiger partial charge on any atom is -0.453 e. The molecule has 1 aliphatic rings. The van der Waals surface area contributed by atoms with Gasteiger partial charge in [-0.05, 0) is 51.8 Å². The Bertz CT molecular complexity index is 737. The van der Waals surface area contributed by atoms with Crippen LogP contribution in [-0.4, -0.2) is 22.9 Å². The highest BCUT2D eigenvalue weighted by Gasteiger charge is 2.28. The number of aryl methyl sites for hydroxylation is 2. The fraction of sp³-hybridized carbons (Fsp3) is 0.412. The van der Waals surface area contributed by atoms with Gasteiger partial charge in [0.25, 0.3) is 0 Å². The van der Waals surface area contributed by atoms with Gasteiger partial charge in [-0.2, -0.15) is 0 Å². The van der Waals surface area contributed by atoms with E-state index in [9.17, 15) is 9.59 Å². The second-order valence-electron chi connectivity index (χ2n) is 5.80. The Balaban J connectivity index is 1.67. The average Bonchev–Trinajstić information content (AvgIpc) is 3.14. The third-order valence-electron chi connectivity index (χ3n) is 3.97. The molecular weight excluding hydrogens is 298 g/mol. The fourth-order valence-electron chi connectivity index (χ4n) is 2.78. The maximum absolute atomic E-state index is 12.3.